The number of hydrogen-bond acceptors (Lipinski definition) is 10. The Morgan fingerprint density at radius 2 is 1.83 bits per heavy atom. The zero-order valence-corrected chi connectivity index (χ0v) is 36.1. The Balaban J connectivity index is 1.37. The smallest absolute Gasteiger partial charge is 0.427 e. The second kappa shape index (κ2) is 16.9. The van der Waals surface area contributed by atoms with E-state index in [0.29, 0.717) is 74.8 Å². The number of hydrogen-bond donors (Lipinski definition) is 3. The van der Waals surface area contributed by atoms with Crippen molar-refractivity contribution < 1.29 is 55.0 Å². The second-order valence-electron chi connectivity index (χ2n) is 17.4. The van der Waals surface area contributed by atoms with E-state index in [9.17, 15) is 40.8 Å². The fourth-order valence-corrected chi connectivity index (χ4v) is 9.30. The van der Waals surface area contributed by atoms with Crippen LogP contribution < -0.4 is 24.8 Å². The zero-order chi connectivity index (χ0) is 44.0. The SMILES string of the molecule is CCCOc1cc2c(Cl)cccc2c(O[C@@H]2C[C@H]3C(=O)N[C@]4(C(=O)NS(=O)(=O)C5(C)CC5)CC4/C=C\CC[C@H](C)C[C@@H](C)[C@H](NC(=O)OC(C)(C)C(F)(F)F)C(=O)N3C2)n1. The van der Waals surface area contributed by atoms with Gasteiger partial charge in [-0.2, -0.15) is 18.2 Å². The molecule has 2 saturated carbocycles. The number of benzene rings is 1. The summed E-state index contributed by atoms with van der Waals surface area (Å²) in [6, 6.07) is 3.97. The monoisotopic (exact) mass is 883 g/mol. The highest BCUT2D eigenvalue weighted by atomic mass is 35.5. The normalized spacial score (nSPS) is 28.9. The summed E-state index contributed by atoms with van der Waals surface area (Å²) in [6.45, 7) is 8.54. The summed E-state index contributed by atoms with van der Waals surface area (Å²) in [5.41, 5.74) is -4.56. The number of nitrogens with one attached hydrogen (secondary N) is 3. The molecule has 6 rings (SSSR count). The van der Waals surface area contributed by atoms with Crippen LogP contribution in [0.5, 0.6) is 11.8 Å². The molecule has 1 aromatic heterocycles. The van der Waals surface area contributed by atoms with E-state index in [4.69, 9.17) is 25.8 Å². The largest absolute Gasteiger partial charge is 0.478 e. The Hall–Kier alpha value is -4.32. The van der Waals surface area contributed by atoms with Crippen molar-refractivity contribution in [3.63, 3.8) is 0 Å². The van der Waals surface area contributed by atoms with Gasteiger partial charge in [0.15, 0.2) is 0 Å². The van der Waals surface area contributed by atoms with Crippen LogP contribution in [-0.4, -0.2) is 95.5 Å². The molecular weight excluding hydrogens is 831 g/mol. The summed E-state index contributed by atoms with van der Waals surface area (Å²) >= 11 is 6.56. The van der Waals surface area contributed by atoms with Crippen LogP contribution in [0.25, 0.3) is 10.8 Å². The van der Waals surface area contributed by atoms with Crippen molar-refractivity contribution in [2.24, 2.45) is 17.8 Å². The molecule has 0 spiro atoms. The molecule has 2 aliphatic heterocycles. The van der Waals surface area contributed by atoms with Crippen LogP contribution in [0.15, 0.2) is 36.4 Å². The number of allylic oxidation sites excluding steroid dienone is 1. The highest BCUT2D eigenvalue weighted by Gasteiger charge is 2.63. The molecular formula is C41H53ClF3N5O9S. The van der Waals surface area contributed by atoms with Crippen LogP contribution in [0.3, 0.4) is 0 Å². The minimum atomic E-state index is -4.92. The Kier molecular flexibility index (Phi) is 12.7. The average Bonchev–Trinajstić information content (AvgIpc) is 4.04. The molecule has 1 aromatic carbocycles. The summed E-state index contributed by atoms with van der Waals surface area (Å²) in [6.07, 6.45) is -0.849. The number of carbonyl (C=O) groups is 4. The first-order valence-electron chi connectivity index (χ1n) is 20.3. The maximum atomic E-state index is 14.8. The third-order valence-electron chi connectivity index (χ3n) is 12.0. The Morgan fingerprint density at radius 3 is 2.50 bits per heavy atom. The molecule has 2 aromatic rings. The molecule has 1 saturated heterocycles. The number of carbonyl (C=O) groups excluding carboxylic acids is 4. The molecule has 14 nitrogen and oxygen atoms in total. The number of alkyl carbamates (subject to hydrolysis) is 1. The standard InChI is InChI=1S/C41H53ClF3N5O9S/c1-7-17-57-31-20-28-27(13-10-14-29(28)42)34(46-31)58-26-19-30-33(51)48-40(36(53)49-60(55,56)39(6)15-16-39)21-25(40)12-9-8-11-23(2)18-24(3)32(35(52)50(30)22-26)47-37(54)59-38(4,5)41(43,44)45/h9-10,12-14,20,23-26,30,32H,7-8,11,15-19,21-22H2,1-6H3,(H,47,54)(H,48,51)(H,49,53)/b12-9-/t23-,24+,25?,26+,30-,32-,40+/m0/s1. The maximum absolute atomic E-state index is 14.8. The lowest BCUT2D eigenvalue weighted by Crippen LogP contribution is -2.59. The Bertz CT molecular complexity index is 2150. The molecule has 0 radical (unpaired) electrons. The average molecular weight is 884 g/mol. The molecule has 4 amide bonds. The Labute approximate surface area is 352 Å². The number of aromatic nitrogens is 1. The molecule has 2 aliphatic carbocycles. The van der Waals surface area contributed by atoms with Crippen molar-refractivity contribution in [2.75, 3.05) is 13.2 Å². The third-order valence-corrected chi connectivity index (χ3v) is 14.5. The lowest BCUT2D eigenvalue weighted by atomic mass is 9.88. The van der Waals surface area contributed by atoms with Gasteiger partial charge in [0.25, 0.3) is 5.91 Å². The van der Waals surface area contributed by atoms with Crippen LogP contribution in [-0.2, 0) is 29.1 Å². The molecule has 0 bridgehead atoms. The first kappa shape index (κ1) is 45.2. The Morgan fingerprint density at radius 1 is 1.12 bits per heavy atom. The molecule has 3 fully saturated rings. The van der Waals surface area contributed by atoms with Crippen molar-refractivity contribution in [3.05, 3.63) is 41.4 Å². The number of nitrogens with zero attached hydrogens (tertiary/aromatic N) is 2. The number of pyridine rings is 1. The fraction of sp³-hybridized carbons (Fsp3) is 0.634. The molecule has 330 valence electrons. The topological polar surface area (TPSA) is 182 Å². The number of ether oxygens (including phenoxy) is 3. The summed E-state index contributed by atoms with van der Waals surface area (Å²) in [5, 5.41) is 6.65. The van der Waals surface area contributed by atoms with E-state index in [1.54, 1.807) is 37.3 Å². The summed E-state index contributed by atoms with van der Waals surface area (Å²) < 4.78 is 86.0. The summed E-state index contributed by atoms with van der Waals surface area (Å²) in [5.74, 6) is -3.46. The minimum Gasteiger partial charge on any atom is -0.478 e. The first-order chi connectivity index (χ1) is 28.0. The zero-order valence-electron chi connectivity index (χ0n) is 34.5. The van der Waals surface area contributed by atoms with Crippen molar-refractivity contribution in [3.8, 4) is 11.8 Å². The van der Waals surface area contributed by atoms with Crippen molar-refractivity contribution in [2.45, 2.75) is 133 Å². The second-order valence-corrected chi connectivity index (χ2v) is 20.0. The van der Waals surface area contributed by atoms with Gasteiger partial charge in [0.2, 0.25) is 39.2 Å². The van der Waals surface area contributed by atoms with Gasteiger partial charge in [0, 0.05) is 34.2 Å². The van der Waals surface area contributed by atoms with Crippen LogP contribution in [0.1, 0.15) is 92.9 Å². The van der Waals surface area contributed by atoms with Crippen LogP contribution in [0, 0.1) is 17.8 Å². The van der Waals surface area contributed by atoms with Gasteiger partial charge in [-0.15, -0.1) is 0 Å². The van der Waals surface area contributed by atoms with E-state index in [1.807, 2.05) is 19.9 Å². The van der Waals surface area contributed by atoms with E-state index >= 15 is 0 Å². The van der Waals surface area contributed by atoms with E-state index in [-0.39, 0.29) is 37.1 Å². The highest BCUT2D eigenvalue weighted by molar-refractivity contribution is 7.91. The van der Waals surface area contributed by atoms with E-state index in [0.717, 1.165) is 0 Å². The van der Waals surface area contributed by atoms with Crippen LogP contribution >= 0.6 is 11.6 Å². The van der Waals surface area contributed by atoms with Gasteiger partial charge in [-0.25, -0.2) is 13.2 Å². The van der Waals surface area contributed by atoms with Crippen molar-refractivity contribution in [1.29, 1.82) is 0 Å². The number of amides is 4. The number of alkyl halides is 3. The molecule has 19 heteroatoms. The van der Waals surface area contributed by atoms with Gasteiger partial charge in [-0.1, -0.05) is 50.6 Å². The highest BCUT2D eigenvalue weighted by Crippen LogP contribution is 2.48. The van der Waals surface area contributed by atoms with Gasteiger partial charge in [0.05, 0.1) is 17.9 Å². The number of halogens is 4. The van der Waals surface area contributed by atoms with E-state index in [2.05, 4.69) is 20.3 Å². The number of rotatable bonds is 10. The van der Waals surface area contributed by atoms with Crippen molar-refractivity contribution >= 4 is 56.2 Å². The van der Waals surface area contributed by atoms with Gasteiger partial charge >= 0.3 is 12.3 Å². The number of fused-ring (bicyclic) bond motifs is 3. The molecule has 1 unspecified atom stereocenters. The van der Waals surface area contributed by atoms with Crippen molar-refractivity contribution in [1.82, 2.24) is 25.2 Å². The predicted molar refractivity (Wildman–Crippen MR) is 216 cm³/mol. The molecule has 4 aliphatic rings. The van der Waals surface area contributed by atoms with Gasteiger partial charge in [-0.05, 0) is 89.7 Å². The maximum Gasteiger partial charge on any atom is 0.427 e. The number of sulfonamides is 1. The fourth-order valence-electron chi connectivity index (χ4n) is 7.76. The third kappa shape index (κ3) is 9.43. The molecule has 7 atom stereocenters. The van der Waals surface area contributed by atoms with Gasteiger partial charge < -0.3 is 29.7 Å². The van der Waals surface area contributed by atoms with Gasteiger partial charge in [-0.3, -0.25) is 19.1 Å². The minimum absolute atomic E-state index is 0.0511. The first-order valence-corrected chi connectivity index (χ1v) is 22.2. The predicted octanol–water partition coefficient (Wildman–Crippen LogP) is 6.35. The lowest BCUT2D eigenvalue weighted by Gasteiger charge is -2.34. The quantitative estimate of drug-likeness (QED) is 0.228. The van der Waals surface area contributed by atoms with Crippen LogP contribution in [0.2, 0.25) is 5.02 Å². The van der Waals surface area contributed by atoms with Gasteiger partial charge in [0.1, 0.15) is 23.7 Å². The van der Waals surface area contributed by atoms with E-state index < -0.39 is 85.9 Å². The lowest BCUT2D eigenvalue weighted by molar-refractivity contribution is -0.244. The molecule has 3 N–H and O–H groups in total. The summed E-state index contributed by atoms with van der Waals surface area (Å²) in [4.78, 5) is 62.3. The molecule has 3 heterocycles. The summed E-state index contributed by atoms with van der Waals surface area (Å²) in [7, 11) is -4.09. The van der Waals surface area contributed by atoms with E-state index in [1.165, 1.54) is 11.8 Å². The van der Waals surface area contributed by atoms with Crippen LogP contribution in [0.4, 0.5) is 18.0 Å². The molecule has 60 heavy (non-hydrogen) atoms.